The van der Waals surface area contributed by atoms with E-state index in [0.29, 0.717) is 0 Å². The van der Waals surface area contributed by atoms with Gasteiger partial charge in [-0.25, -0.2) is 9.07 Å². The third-order valence-corrected chi connectivity index (χ3v) is 3.27. The van der Waals surface area contributed by atoms with Crippen LogP contribution in [0.3, 0.4) is 0 Å². The van der Waals surface area contributed by atoms with Crippen molar-refractivity contribution < 1.29 is 4.39 Å². The van der Waals surface area contributed by atoms with Crippen molar-refractivity contribution in [1.82, 2.24) is 14.9 Å². The van der Waals surface area contributed by atoms with Gasteiger partial charge in [-0.2, -0.15) is 0 Å². The molecule has 0 spiro atoms. The van der Waals surface area contributed by atoms with Crippen LogP contribution in [0.25, 0.3) is 0 Å². The zero-order chi connectivity index (χ0) is 10.3. The minimum absolute atomic E-state index is 0.0797. The van der Waals surface area contributed by atoms with E-state index in [1.807, 2.05) is 0 Å². The first-order valence-electron chi connectivity index (χ1n) is 4.41. The molecule has 15 heavy (non-hydrogen) atoms. The Morgan fingerprint density at radius 2 is 2.13 bits per heavy atom. The number of nitrogens with zero attached hydrogens (tertiary/aromatic N) is 3. The first-order chi connectivity index (χ1) is 7.33. The average Bonchev–Trinajstić information content (AvgIpc) is 2.78. The summed E-state index contributed by atoms with van der Waals surface area (Å²) in [5.74, 6) is -0.221. The van der Waals surface area contributed by atoms with Crippen molar-refractivity contribution in [3.05, 3.63) is 42.0 Å². The number of thioether (sulfide) groups is 1. The molecular formula is C9H7FN4S. The summed E-state index contributed by atoms with van der Waals surface area (Å²) in [5, 5.41) is 8.59. The molecule has 6 heteroatoms. The SMILES string of the molecule is Fc1ccc(C2Nn3cnnc3S2)cc1. The van der Waals surface area contributed by atoms with E-state index in [2.05, 4.69) is 15.6 Å². The fourth-order valence-corrected chi connectivity index (χ4v) is 2.41. The van der Waals surface area contributed by atoms with Crippen LogP contribution in [-0.4, -0.2) is 14.9 Å². The third kappa shape index (κ3) is 1.46. The summed E-state index contributed by atoms with van der Waals surface area (Å²) in [7, 11) is 0. The molecule has 0 radical (unpaired) electrons. The molecule has 0 amide bonds. The number of benzene rings is 1. The summed E-state index contributed by atoms with van der Waals surface area (Å²) >= 11 is 1.56. The molecule has 4 nitrogen and oxygen atoms in total. The Hall–Kier alpha value is -1.56. The molecule has 1 N–H and O–H groups in total. The summed E-state index contributed by atoms with van der Waals surface area (Å²) in [5.41, 5.74) is 4.20. The minimum Gasteiger partial charge on any atom is -0.304 e. The smallest absolute Gasteiger partial charge is 0.212 e. The Kier molecular flexibility index (Phi) is 1.88. The van der Waals surface area contributed by atoms with E-state index >= 15 is 0 Å². The second kappa shape index (κ2) is 3.23. The number of hydrogen-bond donors (Lipinski definition) is 1. The highest BCUT2D eigenvalue weighted by atomic mass is 32.2. The molecule has 0 aliphatic carbocycles. The van der Waals surface area contributed by atoms with E-state index in [1.165, 1.54) is 12.1 Å². The normalized spacial score (nSPS) is 18.6. The van der Waals surface area contributed by atoms with Crippen molar-refractivity contribution in [2.45, 2.75) is 10.5 Å². The highest BCUT2D eigenvalue weighted by Crippen LogP contribution is 2.37. The van der Waals surface area contributed by atoms with Crippen molar-refractivity contribution in [3.63, 3.8) is 0 Å². The predicted octanol–water partition coefficient (Wildman–Crippen LogP) is 1.77. The first-order valence-corrected chi connectivity index (χ1v) is 5.29. The second-order valence-electron chi connectivity index (χ2n) is 3.16. The molecule has 1 aliphatic heterocycles. The summed E-state index contributed by atoms with van der Waals surface area (Å²) in [4.78, 5) is 0. The Morgan fingerprint density at radius 1 is 1.33 bits per heavy atom. The molecule has 3 rings (SSSR count). The zero-order valence-corrected chi connectivity index (χ0v) is 8.41. The molecule has 1 unspecified atom stereocenters. The maximum absolute atomic E-state index is 12.7. The van der Waals surface area contributed by atoms with Gasteiger partial charge >= 0.3 is 0 Å². The quantitative estimate of drug-likeness (QED) is 0.798. The highest BCUT2D eigenvalue weighted by Gasteiger charge is 2.23. The van der Waals surface area contributed by atoms with Crippen LogP contribution in [0.4, 0.5) is 4.39 Å². The molecule has 1 aromatic heterocycles. The van der Waals surface area contributed by atoms with Gasteiger partial charge in [0.05, 0.1) is 0 Å². The van der Waals surface area contributed by atoms with Gasteiger partial charge < -0.3 is 5.43 Å². The Balaban J connectivity index is 1.87. The van der Waals surface area contributed by atoms with Crippen LogP contribution in [-0.2, 0) is 0 Å². The number of nitrogens with one attached hydrogen (secondary N) is 1. The predicted molar refractivity (Wildman–Crippen MR) is 54.4 cm³/mol. The van der Waals surface area contributed by atoms with E-state index < -0.39 is 0 Å². The zero-order valence-electron chi connectivity index (χ0n) is 7.59. The molecule has 1 aliphatic rings. The van der Waals surface area contributed by atoms with Gasteiger partial charge in [-0.15, -0.1) is 10.2 Å². The average molecular weight is 222 g/mol. The lowest BCUT2D eigenvalue weighted by Gasteiger charge is -2.09. The number of hydrogen-bond acceptors (Lipinski definition) is 4. The van der Waals surface area contributed by atoms with Gasteiger partial charge in [0.2, 0.25) is 5.16 Å². The lowest BCUT2D eigenvalue weighted by atomic mass is 10.2. The van der Waals surface area contributed by atoms with Crippen LogP contribution >= 0.6 is 11.8 Å². The minimum atomic E-state index is -0.221. The molecule has 0 bridgehead atoms. The molecule has 2 heterocycles. The fraction of sp³-hybridized carbons (Fsp3) is 0.111. The van der Waals surface area contributed by atoms with Crippen LogP contribution in [0.5, 0.6) is 0 Å². The fourth-order valence-electron chi connectivity index (χ4n) is 1.43. The van der Waals surface area contributed by atoms with E-state index in [9.17, 15) is 4.39 Å². The van der Waals surface area contributed by atoms with Crippen molar-refractivity contribution in [2.75, 3.05) is 5.43 Å². The van der Waals surface area contributed by atoms with E-state index in [4.69, 9.17) is 0 Å². The lowest BCUT2D eigenvalue weighted by Crippen LogP contribution is -2.11. The van der Waals surface area contributed by atoms with Crippen molar-refractivity contribution in [1.29, 1.82) is 0 Å². The Bertz CT molecular complexity index is 461. The summed E-state index contributed by atoms with van der Waals surface area (Å²) in [6.45, 7) is 0. The van der Waals surface area contributed by atoms with Gasteiger partial charge in [0.1, 0.15) is 17.5 Å². The van der Waals surface area contributed by atoms with Crippen LogP contribution < -0.4 is 5.43 Å². The number of aromatic nitrogens is 3. The molecule has 2 aromatic rings. The van der Waals surface area contributed by atoms with Crippen LogP contribution in [0, 0.1) is 5.82 Å². The lowest BCUT2D eigenvalue weighted by molar-refractivity contribution is 0.627. The summed E-state index contributed by atoms with van der Waals surface area (Å²) in [6.07, 6.45) is 1.62. The number of fused-ring (bicyclic) bond motifs is 1. The van der Waals surface area contributed by atoms with E-state index in [0.717, 1.165) is 10.7 Å². The van der Waals surface area contributed by atoms with Gasteiger partial charge in [-0.1, -0.05) is 23.9 Å². The van der Waals surface area contributed by atoms with Gasteiger partial charge in [-0.3, -0.25) is 0 Å². The molecule has 0 saturated carbocycles. The Morgan fingerprint density at radius 3 is 2.87 bits per heavy atom. The topological polar surface area (TPSA) is 42.7 Å². The Labute approximate surface area is 89.5 Å². The van der Waals surface area contributed by atoms with Crippen molar-refractivity contribution in [2.24, 2.45) is 0 Å². The highest BCUT2D eigenvalue weighted by molar-refractivity contribution is 7.99. The molecular weight excluding hydrogens is 215 g/mol. The van der Waals surface area contributed by atoms with Crippen molar-refractivity contribution >= 4 is 11.8 Å². The van der Waals surface area contributed by atoms with Gasteiger partial charge in [-0.05, 0) is 17.7 Å². The van der Waals surface area contributed by atoms with Crippen molar-refractivity contribution in [3.8, 4) is 0 Å². The largest absolute Gasteiger partial charge is 0.304 e. The molecule has 1 atom stereocenters. The van der Waals surface area contributed by atoms with E-state index in [-0.39, 0.29) is 11.2 Å². The number of halogens is 1. The van der Waals surface area contributed by atoms with Gasteiger partial charge in [0, 0.05) is 0 Å². The van der Waals surface area contributed by atoms with Crippen LogP contribution in [0.1, 0.15) is 10.9 Å². The van der Waals surface area contributed by atoms with Gasteiger partial charge in [0.25, 0.3) is 0 Å². The van der Waals surface area contributed by atoms with E-state index in [1.54, 1.807) is 34.9 Å². The first kappa shape index (κ1) is 8.72. The summed E-state index contributed by atoms with van der Waals surface area (Å²) in [6, 6.07) is 6.44. The van der Waals surface area contributed by atoms with Crippen LogP contribution in [0.15, 0.2) is 35.7 Å². The molecule has 76 valence electrons. The standard InChI is InChI=1S/C9H7FN4S/c10-7-3-1-6(2-4-7)8-13-14-5-11-12-9(14)15-8/h1-5,8,13H. The maximum Gasteiger partial charge on any atom is 0.212 e. The molecule has 1 aromatic carbocycles. The van der Waals surface area contributed by atoms with Gasteiger partial charge in [0.15, 0.2) is 0 Å². The monoisotopic (exact) mass is 222 g/mol. The number of rotatable bonds is 1. The van der Waals surface area contributed by atoms with Crippen LogP contribution in [0.2, 0.25) is 0 Å². The maximum atomic E-state index is 12.7. The second-order valence-corrected chi connectivity index (χ2v) is 4.23. The molecule has 0 saturated heterocycles. The third-order valence-electron chi connectivity index (χ3n) is 2.17. The summed E-state index contributed by atoms with van der Waals surface area (Å²) < 4.78 is 14.5. The molecule has 0 fully saturated rings.